The van der Waals surface area contributed by atoms with E-state index in [0.29, 0.717) is 5.69 Å². The van der Waals surface area contributed by atoms with Crippen molar-refractivity contribution in [1.82, 2.24) is 0 Å². The van der Waals surface area contributed by atoms with E-state index in [1.807, 2.05) is 80.6 Å². The third-order valence-corrected chi connectivity index (χ3v) is 6.32. The average Bonchev–Trinajstić information content (AvgIpc) is 3.35. The van der Waals surface area contributed by atoms with Crippen LogP contribution in [0.2, 0.25) is 0 Å². The van der Waals surface area contributed by atoms with E-state index in [9.17, 15) is 9.59 Å². The molecule has 0 bridgehead atoms. The van der Waals surface area contributed by atoms with Crippen molar-refractivity contribution in [1.29, 1.82) is 0 Å². The minimum Gasteiger partial charge on any atom is -0.459 e. The van der Waals surface area contributed by atoms with Crippen LogP contribution in [0.25, 0.3) is 0 Å². The number of hydrogen-bond donors (Lipinski definition) is 2. The van der Waals surface area contributed by atoms with Crippen molar-refractivity contribution in [2.45, 2.75) is 24.0 Å². The van der Waals surface area contributed by atoms with E-state index in [4.69, 9.17) is 4.42 Å². The number of rotatable bonds is 7. The molecule has 2 amide bonds. The summed E-state index contributed by atoms with van der Waals surface area (Å²) < 4.78 is 5.15. The normalized spacial score (nSPS) is 11.6. The van der Waals surface area contributed by atoms with E-state index in [-0.39, 0.29) is 17.6 Å². The number of nitrogens with one attached hydrogen (secondary N) is 2. The molecular weight excluding hydrogens is 432 g/mol. The lowest BCUT2D eigenvalue weighted by atomic mass is 10.1. The van der Waals surface area contributed by atoms with Crippen molar-refractivity contribution in [3.05, 3.63) is 114 Å². The molecule has 0 saturated heterocycles. The Morgan fingerprint density at radius 1 is 0.848 bits per heavy atom. The Morgan fingerprint density at radius 2 is 1.67 bits per heavy atom. The highest BCUT2D eigenvalue weighted by Crippen LogP contribution is 2.37. The molecule has 1 heterocycles. The first-order valence-electron chi connectivity index (χ1n) is 10.5. The summed E-state index contributed by atoms with van der Waals surface area (Å²) in [5, 5.41) is 5.44. The van der Waals surface area contributed by atoms with Crippen molar-refractivity contribution < 1.29 is 14.0 Å². The largest absolute Gasteiger partial charge is 0.459 e. The van der Waals surface area contributed by atoms with Crippen LogP contribution in [0.5, 0.6) is 0 Å². The Balaban J connectivity index is 1.56. The molecule has 1 atom stereocenters. The highest BCUT2D eigenvalue weighted by atomic mass is 32.2. The Hall–Kier alpha value is -3.77. The van der Waals surface area contributed by atoms with Gasteiger partial charge in [0.05, 0.1) is 6.26 Å². The van der Waals surface area contributed by atoms with Crippen molar-refractivity contribution in [2.24, 2.45) is 0 Å². The molecule has 0 saturated carbocycles. The number of carbonyl (C=O) groups excluding carboxylic acids is 2. The molecule has 0 aliphatic rings. The minimum absolute atomic E-state index is 0.108. The van der Waals surface area contributed by atoms with Gasteiger partial charge in [0, 0.05) is 16.3 Å². The number of aryl methyl sites for hydroxylation is 2. The summed E-state index contributed by atoms with van der Waals surface area (Å²) in [5.41, 5.74) is 4.49. The van der Waals surface area contributed by atoms with Gasteiger partial charge in [-0.1, -0.05) is 54.1 Å². The van der Waals surface area contributed by atoms with Crippen molar-refractivity contribution in [3.63, 3.8) is 0 Å². The van der Waals surface area contributed by atoms with Gasteiger partial charge in [0.25, 0.3) is 5.91 Å². The Morgan fingerprint density at radius 3 is 2.39 bits per heavy atom. The number of hydrogen-bond acceptors (Lipinski definition) is 4. The van der Waals surface area contributed by atoms with E-state index >= 15 is 0 Å². The van der Waals surface area contributed by atoms with Crippen molar-refractivity contribution >= 4 is 35.0 Å². The molecule has 1 unspecified atom stereocenters. The average molecular weight is 457 g/mol. The van der Waals surface area contributed by atoms with Crippen LogP contribution in [0.3, 0.4) is 0 Å². The van der Waals surface area contributed by atoms with Crippen LogP contribution in [0.4, 0.5) is 11.4 Å². The molecule has 5 nitrogen and oxygen atoms in total. The summed E-state index contributed by atoms with van der Waals surface area (Å²) in [6.45, 7) is 4.01. The molecule has 0 fully saturated rings. The number of benzene rings is 3. The molecule has 0 spiro atoms. The first kappa shape index (κ1) is 22.4. The molecule has 4 rings (SSSR count). The van der Waals surface area contributed by atoms with E-state index in [0.717, 1.165) is 27.3 Å². The van der Waals surface area contributed by atoms with Gasteiger partial charge in [-0.15, -0.1) is 11.8 Å². The molecule has 0 aliphatic heterocycles. The molecule has 2 N–H and O–H groups in total. The van der Waals surface area contributed by atoms with Gasteiger partial charge < -0.3 is 15.1 Å². The van der Waals surface area contributed by atoms with Gasteiger partial charge in [0.15, 0.2) is 5.76 Å². The maximum absolute atomic E-state index is 13.4. The van der Waals surface area contributed by atoms with E-state index in [2.05, 4.69) is 10.6 Å². The number of furan rings is 1. The Labute approximate surface area is 197 Å². The van der Waals surface area contributed by atoms with Gasteiger partial charge in [-0.3, -0.25) is 9.59 Å². The monoisotopic (exact) mass is 456 g/mol. The van der Waals surface area contributed by atoms with Crippen LogP contribution < -0.4 is 10.6 Å². The van der Waals surface area contributed by atoms with Crippen LogP contribution in [-0.4, -0.2) is 11.8 Å². The molecule has 166 valence electrons. The zero-order valence-electron chi connectivity index (χ0n) is 18.4. The van der Waals surface area contributed by atoms with Crippen LogP contribution in [-0.2, 0) is 4.79 Å². The highest BCUT2D eigenvalue weighted by molar-refractivity contribution is 8.00. The molecule has 1 aromatic heterocycles. The van der Waals surface area contributed by atoms with Gasteiger partial charge in [-0.25, -0.2) is 0 Å². The second-order valence-electron chi connectivity index (χ2n) is 7.68. The number of amides is 2. The first-order valence-corrected chi connectivity index (χ1v) is 11.4. The summed E-state index contributed by atoms with van der Waals surface area (Å²) in [7, 11) is 0. The van der Waals surface area contributed by atoms with Crippen molar-refractivity contribution in [2.75, 3.05) is 10.6 Å². The first-order chi connectivity index (χ1) is 16.0. The summed E-state index contributed by atoms with van der Waals surface area (Å²) in [5.74, 6) is -0.194. The third kappa shape index (κ3) is 5.73. The number of carbonyl (C=O) groups is 2. The SMILES string of the molecule is Cc1ccc(NC(=O)C(Sc2cccc(NC(=O)c3ccco3)c2)c2ccccc2)c(C)c1. The van der Waals surface area contributed by atoms with Crippen molar-refractivity contribution in [3.8, 4) is 0 Å². The third-order valence-electron chi connectivity index (χ3n) is 5.07. The molecule has 33 heavy (non-hydrogen) atoms. The fourth-order valence-electron chi connectivity index (χ4n) is 3.44. The predicted molar refractivity (Wildman–Crippen MR) is 133 cm³/mol. The van der Waals surface area contributed by atoms with Crippen LogP contribution in [0.1, 0.15) is 32.5 Å². The lowest BCUT2D eigenvalue weighted by Crippen LogP contribution is -2.19. The minimum atomic E-state index is -0.470. The molecule has 6 heteroatoms. The van der Waals surface area contributed by atoms with E-state index in [1.165, 1.54) is 18.0 Å². The summed E-state index contributed by atoms with van der Waals surface area (Å²) in [6, 6.07) is 26.3. The second kappa shape index (κ2) is 10.2. The molecular formula is C27H24N2O3S. The topological polar surface area (TPSA) is 71.3 Å². The lowest BCUT2D eigenvalue weighted by Gasteiger charge is -2.18. The second-order valence-corrected chi connectivity index (χ2v) is 8.85. The zero-order valence-corrected chi connectivity index (χ0v) is 19.2. The molecule has 0 radical (unpaired) electrons. The van der Waals surface area contributed by atoms with Crippen LogP contribution in [0.15, 0.2) is 101 Å². The lowest BCUT2D eigenvalue weighted by molar-refractivity contribution is -0.115. The summed E-state index contributed by atoms with van der Waals surface area (Å²) >= 11 is 1.43. The van der Waals surface area contributed by atoms with Gasteiger partial charge in [-0.2, -0.15) is 0 Å². The van der Waals surface area contributed by atoms with Gasteiger partial charge >= 0.3 is 0 Å². The molecule has 4 aromatic rings. The van der Waals surface area contributed by atoms with Gasteiger partial charge in [0.1, 0.15) is 5.25 Å². The Kier molecular flexibility index (Phi) is 6.95. The van der Waals surface area contributed by atoms with Gasteiger partial charge in [0.2, 0.25) is 5.91 Å². The van der Waals surface area contributed by atoms with Crippen LogP contribution in [0, 0.1) is 13.8 Å². The van der Waals surface area contributed by atoms with E-state index < -0.39 is 5.25 Å². The summed E-state index contributed by atoms with van der Waals surface area (Å²) in [6.07, 6.45) is 1.46. The highest BCUT2D eigenvalue weighted by Gasteiger charge is 2.23. The fraction of sp³-hybridized carbons (Fsp3) is 0.111. The maximum Gasteiger partial charge on any atom is 0.291 e. The molecule has 0 aliphatic carbocycles. The smallest absolute Gasteiger partial charge is 0.291 e. The maximum atomic E-state index is 13.4. The Bertz CT molecular complexity index is 1250. The quantitative estimate of drug-likeness (QED) is 0.307. The standard InChI is InChI=1S/C27H24N2O3S/c1-18-13-14-23(19(2)16-18)29-27(31)25(20-8-4-3-5-9-20)33-22-11-6-10-21(17-22)28-26(30)24-12-7-15-32-24/h3-17,25H,1-2H3,(H,28,30)(H,29,31). The van der Waals surface area contributed by atoms with E-state index in [1.54, 1.807) is 18.2 Å². The van der Waals surface area contributed by atoms with Gasteiger partial charge in [-0.05, 0) is 61.4 Å². The summed E-state index contributed by atoms with van der Waals surface area (Å²) in [4.78, 5) is 26.5. The zero-order chi connectivity index (χ0) is 23.2. The molecule has 3 aromatic carbocycles. The fourth-order valence-corrected chi connectivity index (χ4v) is 4.52. The van der Waals surface area contributed by atoms with Crippen LogP contribution >= 0.6 is 11.8 Å². The predicted octanol–water partition coefficient (Wildman–Crippen LogP) is 6.62. The number of anilines is 2. The number of thioether (sulfide) groups is 1.